The second-order valence-electron chi connectivity index (χ2n) is 5.80. The van der Waals surface area contributed by atoms with Gasteiger partial charge in [0.15, 0.2) is 11.6 Å². The molecule has 0 aliphatic heterocycles. The topological polar surface area (TPSA) is 120 Å². The molecule has 0 fully saturated rings. The molecule has 0 aliphatic carbocycles. The van der Waals surface area contributed by atoms with E-state index in [1.807, 2.05) is 0 Å². The first kappa shape index (κ1) is 16.7. The normalized spacial score (nSPS) is 11.0. The van der Waals surface area contributed by atoms with Crippen LogP contribution in [0.2, 0.25) is 0 Å². The lowest BCUT2D eigenvalue weighted by atomic mass is 10.1. The summed E-state index contributed by atoms with van der Waals surface area (Å²) in [5, 5.41) is 8.09. The molecule has 9 heteroatoms. The molecule has 0 aliphatic rings. The first-order valence-corrected chi connectivity index (χ1v) is 7.99. The van der Waals surface area contributed by atoms with Gasteiger partial charge in [0.25, 0.3) is 11.8 Å². The van der Waals surface area contributed by atoms with Gasteiger partial charge in [-0.2, -0.15) is 0 Å². The molecule has 27 heavy (non-hydrogen) atoms. The molecule has 0 atom stereocenters. The number of aromatic nitrogens is 4. The SMILES string of the molecule is COc1c(-c2nnc(Cc3ccc(F)cc3)o2)ccc2[nH]c(C(N)=O)nc12. The minimum Gasteiger partial charge on any atom is -0.494 e. The summed E-state index contributed by atoms with van der Waals surface area (Å²) in [5.74, 6) is 0.0517. The zero-order chi connectivity index (χ0) is 19.0. The Labute approximate surface area is 152 Å². The highest BCUT2D eigenvalue weighted by Crippen LogP contribution is 2.35. The van der Waals surface area contributed by atoms with Gasteiger partial charge in [-0.25, -0.2) is 9.37 Å². The van der Waals surface area contributed by atoms with Gasteiger partial charge in [-0.15, -0.1) is 10.2 Å². The van der Waals surface area contributed by atoms with Crippen molar-refractivity contribution in [1.82, 2.24) is 20.2 Å². The largest absolute Gasteiger partial charge is 0.494 e. The lowest BCUT2D eigenvalue weighted by Crippen LogP contribution is -2.12. The molecule has 0 saturated carbocycles. The number of nitrogens with two attached hydrogens (primary N) is 1. The molecular formula is C18H14FN5O3. The maximum Gasteiger partial charge on any atom is 0.284 e. The van der Waals surface area contributed by atoms with Gasteiger partial charge in [0.2, 0.25) is 5.89 Å². The highest BCUT2D eigenvalue weighted by molar-refractivity contribution is 5.96. The number of carbonyl (C=O) groups is 1. The van der Waals surface area contributed by atoms with Gasteiger partial charge in [-0.05, 0) is 29.8 Å². The number of fused-ring (bicyclic) bond motifs is 1. The summed E-state index contributed by atoms with van der Waals surface area (Å²) in [7, 11) is 1.48. The lowest BCUT2D eigenvalue weighted by molar-refractivity contribution is 0.0991. The number of hydrogen-bond donors (Lipinski definition) is 2. The number of methoxy groups -OCH3 is 1. The number of halogens is 1. The van der Waals surface area contributed by atoms with Gasteiger partial charge in [0.05, 0.1) is 24.6 Å². The molecule has 0 radical (unpaired) electrons. The van der Waals surface area contributed by atoms with Crippen LogP contribution in [-0.4, -0.2) is 33.2 Å². The Kier molecular flexibility index (Phi) is 4.03. The van der Waals surface area contributed by atoms with Crippen molar-refractivity contribution in [2.24, 2.45) is 5.73 Å². The maximum atomic E-state index is 13.0. The molecule has 4 aromatic rings. The quantitative estimate of drug-likeness (QED) is 0.559. The Morgan fingerprint density at radius 3 is 2.70 bits per heavy atom. The van der Waals surface area contributed by atoms with Gasteiger partial charge >= 0.3 is 0 Å². The Balaban J connectivity index is 1.70. The number of ether oxygens (including phenoxy) is 1. The van der Waals surface area contributed by atoms with Gasteiger partial charge in [0, 0.05) is 0 Å². The van der Waals surface area contributed by atoms with E-state index < -0.39 is 5.91 Å². The van der Waals surface area contributed by atoms with E-state index in [-0.39, 0.29) is 17.5 Å². The van der Waals surface area contributed by atoms with Gasteiger partial charge in [-0.1, -0.05) is 12.1 Å². The summed E-state index contributed by atoms with van der Waals surface area (Å²) >= 11 is 0. The van der Waals surface area contributed by atoms with Crippen molar-refractivity contribution in [2.75, 3.05) is 7.11 Å². The van der Waals surface area contributed by atoms with Crippen LogP contribution < -0.4 is 10.5 Å². The third-order valence-corrected chi connectivity index (χ3v) is 4.01. The van der Waals surface area contributed by atoms with E-state index >= 15 is 0 Å². The number of aromatic amines is 1. The average molecular weight is 367 g/mol. The molecule has 136 valence electrons. The summed E-state index contributed by atoms with van der Waals surface area (Å²) < 4.78 is 24.2. The van der Waals surface area contributed by atoms with Crippen LogP contribution in [0.1, 0.15) is 22.1 Å². The smallest absolute Gasteiger partial charge is 0.284 e. The number of nitrogens with one attached hydrogen (secondary N) is 1. The molecule has 0 saturated heterocycles. The number of carbonyl (C=O) groups excluding carboxylic acids is 1. The van der Waals surface area contributed by atoms with Crippen molar-refractivity contribution in [1.29, 1.82) is 0 Å². The predicted octanol–water partition coefficient (Wildman–Crippen LogP) is 2.45. The number of nitrogens with zero attached hydrogens (tertiary/aromatic N) is 3. The minimum atomic E-state index is -0.672. The van der Waals surface area contributed by atoms with E-state index in [2.05, 4.69) is 20.2 Å². The number of amides is 1. The first-order chi connectivity index (χ1) is 13.0. The van der Waals surface area contributed by atoms with E-state index in [0.717, 1.165) is 5.56 Å². The molecule has 4 rings (SSSR count). The Hall–Kier alpha value is -3.75. The fourth-order valence-corrected chi connectivity index (χ4v) is 2.75. The second-order valence-corrected chi connectivity index (χ2v) is 5.80. The van der Waals surface area contributed by atoms with Crippen LogP contribution in [-0.2, 0) is 6.42 Å². The lowest BCUT2D eigenvalue weighted by Gasteiger charge is -2.05. The minimum absolute atomic E-state index is 0.0305. The van der Waals surface area contributed by atoms with E-state index in [0.29, 0.717) is 34.7 Å². The maximum absolute atomic E-state index is 13.0. The van der Waals surface area contributed by atoms with Crippen molar-refractivity contribution in [2.45, 2.75) is 6.42 Å². The number of H-pyrrole nitrogens is 1. The third kappa shape index (κ3) is 3.10. The molecule has 0 spiro atoms. The molecular weight excluding hydrogens is 353 g/mol. The van der Waals surface area contributed by atoms with Crippen LogP contribution >= 0.6 is 0 Å². The Bertz CT molecular complexity index is 1130. The van der Waals surface area contributed by atoms with Crippen molar-refractivity contribution < 1.29 is 18.3 Å². The molecule has 0 bridgehead atoms. The van der Waals surface area contributed by atoms with E-state index in [9.17, 15) is 9.18 Å². The monoisotopic (exact) mass is 367 g/mol. The van der Waals surface area contributed by atoms with Gasteiger partial charge in [0.1, 0.15) is 11.3 Å². The number of hydrogen-bond acceptors (Lipinski definition) is 6. The van der Waals surface area contributed by atoms with Crippen molar-refractivity contribution in [3.8, 4) is 17.2 Å². The molecule has 2 heterocycles. The van der Waals surface area contributed by atoms with Crippen LogP contribution in [0.3, 0.4) is 0 Å². The Morgan fingerprint density at radius 1 is 1.22 bits per heavy atom. The molecule has 8 nitrogen and oxygen atoms in total. The number of benzene rings is 2. The molecule has 3 N–H and O–H groups in total. The first-order valence-electron chi connectivity index (χ1n) is 7.99. The van der Waals surface area contributed by atoms with Crippen molar-refractivity contribution in [3.05, 3.63) is 59.5 Å². The van der Waals surface area contributed by atoms with Crippen LogP contribution in [0.5, 0.6) is 5.75 Å². The third-order valence-electron chi connectivity index (χ3n) is 4.01. The van der Waals surface area contributed by atoms with E-state index in [4.69, 9.17) is 14.9 Å². The molecule has 2 aromatic carbocycles. The van der Waals surface area contributed by atoms with Crippen molar-refractivity contribution in [3.63, 3.8) is 0 Å². The van der Waals surface area contributed by atoms with Gasteiger partial charge < -0.3 is 19.9 Å². The average Bonchev–Trinajstić information content (AvgIpc) is 3.29. The fourth-order valence-electron chi connectivity index (χ4n) is 2.75. The van der Waals surface area contributed by atoms with Crippen LogP contribution in [0, 0.1) is 5.82 Å². The summed E-state index contributed by atoms with van der Waals surface area (Å²) in [6.45, 7) is 0. The number of primary amides is 1. The number of rotatable bonds is 5. The van der Waals surface area contributed by atoms with Crippen LogP contribution in [0.25, 0.3) is 22.5 Å². The highest BCUT2D eigenvalue weighted by Gasteiger charge is 2.19. The standard InChI is InChI=1S/C18H14FN5O3/c1-26-15-11(6-7-12-14(15)22-17(21-12)16(20)25)18-24-23-13(27-18)8-9-2-4-10(19)5-3-9/h2-7H,8H2,1H3,(H2,20,25)(H,21,22). The second kappa shape index (κ2) is 6.52. The van der Waals surface area contributed by atoms with Crippen LogP contribution in [0.15, 0.2) is 40.8 Å². The Morgan fingerprint density at radius 2 is 2.00 bits per heavy atom. The predicted molar refractivity (Wildman–Crippen MR) is 93.7 cm³/mol. The summed E-state index contributed by atoms with van der Waals surface area (Å²) in [6.07, 6.45) is 0.367. The molecule has 0 unspecified atom stereocenters. The van der Waals surface area contributed by atoms with Gasteiger partial charge in [-0.3, -0.25) is 4.79 Å². The fraction of sp³-hybridized carbons (Fsp3) is 0.111. The zero-order valence-electron chi connectivity index (χ0n) is 14.2. The van der Waals surface area contributed by atoms with E-state index in [1.54, 1.807) is 24.3 Å². The summed E-state index contributed by atoms with van der Waals surface area (Å²) in [5.41, 5.74) is 7.66. The number of imidazole rings is 1. The molecule has 2 aromatic heterocycles. The van der Waals surface area contributed by atoms with Crippen molar-refractivity contribution >= 4 is 16.9 Å². The summed E-state index contributed by atoms with van der Waals surface area (Å²) in [6, 6.07) is 9.49. The molecule has 1 amide bonds. The zero-order valence-corrected chi connectivity index (χ0v) is 14.2. The highest BCUT2D eigenvalue weighted by atomic mass is 19.1. The van der Waals surface area contributed by atoms with Crippen LogP contribution in [0.4, 0.5) is 4.39 Å². The van der Waals surface area contributed by atoms with E-state index in [1.165, 1.54) is 19.2 Å². The summed E-state index contributed by atoms with van der Waals surface area (Å²) in [4.78, 5) is 18.3.